The van der Waals surface area contributed by atoms with Gasteiger partial charge in [-0.25, -0.2) is 4.39 Å². The van der Waals surface area contributed by atoms with Crippen molar-refractivity contribution < 1.29 is 4.39 Å². The predicted molar refractivity (Wildman–Crippen MR) is 81.7 cm³/mol. The molecule has 1 nitrogen and oxygen atoms in total. The molecule has 1 aliphatic rings. The summed E-state index contributed by atoms with van der Waals surface area (Å²) in [7, 11) is 0. The normalized spacial score (nSPS) is 16.9. The summed E-state index contributed by atoms with van der Waals surface area (Å²) in [6.07, 6.45) is 5.89. The summed E-state index contributed by atoms with van der Waals surface area (Å²) < 4.78 is 12.9. The van der Waals surface area contributed by atoms with Crippen LogP contribution < -0.4 is 5.32 Å². The number of hydrogen-bond acceptors (Lipinski definition) is 1. The van der Waals surface area contributed by atoms with Gasteiger partial charge in [-0.05, 0) is 54.2 Å². The Hall–Kier alpha value is -2.09. The third kappa shape index (κ3) is 3.08. The van der Waals surface area contributed by atoms with Gasteiger partial charge in [0.2, 0.25) is 0 Å². The lowest BCUT2D eigenvalue weighted by Crippen LogP contribution is -2.19. The van der Waals surface area contributed by atoms with Gasteiger partial charge < -0.3 is 5.32 Å². The van der Waals surface area contributed by atoms with Crippen LogP contribution in [0, 0.1) is 5.82 Å². The summed E-state index contributed by atoms with van der Waals surface area (Å²) in [5.74, 6) is -0.196. The molecular weight excluding hydrogens is 249 g/mol. The van der Waals surface area contributed by atoms with Gasteiger partial charge in [0.15, 0.2) is 0 Å². The van der Waals surface area contributed by atoms with E-state index in [0.717, 1.165) is 24.1 Å². The predicted octanol–water partition coefficient (Wildman–Crippen LogP) is 4.61. The molecule has 1 aliphatic heterocycles. The van der Waals surface area contributed by atoms with Crippen molar-refractivity contribution in [1.82, 2.24) is 5.32 Å². The lowest BCUT2D eigenvalue weighted by atomic mass is 10.0. The number of nitrogens with one attached hydrogen (secondary N) is 1. The smallest absolute Gasteiger partial charge is 0.123 e. The van der Waals surface area contributed by atoms with Gasteiger partial charge in [0.1, 0.15) is 5.82 Å². The van der Waals surface area contributed by atoms with Gasteiger partial charge in [-0.3, -0.25) is 0 Å². The molecule has 0 aromatic heterocycles. The number of hydrogen-bond donors (Lipinski definition) is 1. The average Bonchev–Trinajstić information content (AvgIpc) is 2.50. The Labute approximate surface area is 119 Å². The van der Waals surface area contributed by atoms with Crippen molar-refractivity contribution >= 4 is 6.08 Å². The van der Waals surface area contributed by atoms with Crippen LogP contribution in [0.25, 0.3) is 17.2 Å². The first-order valence-corrected chi connectivity index (χ1v) is 7.12. The second-order valence-corrected chi connectivity index (χ2v) is 5.18. The van der Waals surface area contributed by atoms with E-state index in [1.54, 1.807) is 0 Å². The van der Waals surface area contributed by atoms with E-state index in [9.17, 15) is 4.39 Å². The summed E-state index contributed by atoms with van der Waals surface area (Å²) in [6.45, 7) is 1.08. The Bertz CT molecular complexity index is 588. The summed E-state index contributed by atoms with van der Waals surface area (Å²) >= 11 is 0. The SMILES string of the molecule is Fc1ccc(-c2ccc(C=C3CCCCN3)cc2)cc1. The van der Waals surface area contributed by atoms with Crippen molar-refractivity contribution in [3.05, 3.63) is 65.6 Å². The van der Waals surface area contributed by atoms with Crippen molar-refractivity contribution in [2.75, 3.05) is 6.54 Å². The minimum atomic E-state index is -0.196. The second-order valence-electron chi connectivity index (χ2n) is 5.18. The van der Waals surface area contributed by atoms with Crippen molar-refractivity contribution in [1.29, 1.82) is 0 Å². The first-order chi connectivity index (χ1) is 9.81. The lowest BCUT2D eigenvalue weighted by Gasteiger charge is -2.16. The number of rotatable bonds is 2. The summed E-state index contributed by atoms with van der Waals surface area (Å²) in [5, 5.41) is 3.44. The highest BCUT2D eigenvalue weighted by Crippen LogP contribution is 2.21. The Morgan fingerprint density at radius 1 is 0.850 bits per heavy atom. The molecule has 1 fully saturated rings. The zero-order chi connectivity index (χ0) is 13.8. The van der Waals surface area contributed by atoms with Crippen molar-refractivity contribution in [3.63, 3.8) is 0 Å². The minimum Gasteiger partial charge on any atom is -0.388 e. The maximum Gasteiger partial charge on any atom is 0.123 e. The third-order valence-electron chi connectivity index (χ3n) is 3.65. The van der Waals surface area contributed by atoms with Crippen LogP contribution >= 0.6 is 0 Å². The topological polar surface area (TPSA) is 12.0 Å². The molecule has 0 radical (unpaired) electrons. The highest BCUT2D eigenvalue weighted by molar-refractivity contribution is 5.66. The molecule has 0 atom stereocenters. The highest BCUT2D eigenvalue weighted by atomic mass is 19.1. The molecule has 2 aromatic rings. The van der Waals surface area contributed by atoms with Crippen LogP contribution in [0.15, 0.2) is 54.2 Å². The zero-order valence-electron chi connectivity index (χ0n) is 11.4. The van der Waals surface area contributed by atoms with Gasteiger partial charge in [0, 0.05) is 12.2 Å². The van der Waals surface area contributed by atoms with E-state index < -0.39 is 0 Å². The number of piperidine rings is 1. The van der Waals surface area contributed by atoms with E-state index in [0.29, 0.717) is 0 Å². The molecule has 0 unspecified atom stereocenters. The fourth-order valence-corrected chi connectivity index (χ4v) is 2.52. The molecule has 102 valence electrons. The Balaban J connectivity index is 1.78. The van der Waals surface area contributed by atoms with Crippen molar-refractivity contribution in [2.24, 2.45) is 0 Å². The molecule has 1 N–H and O–H groups in total. The van der Waals surface area contributed by atoms with Crippen LogP contribution in [0.4, 0.5) is 4.39 Å². The van der Waals surface area contributed by atoms with E-state index in [-0.39, 0.29) is 5.82 Å². The highest BCUT2D eigenvalue weighted by Gasteiger charge is 2.04. The van der Waals surface area contributed by atoms with Crippen molar-refractivity contribution in [3.8, 4) is 11.1 Å². The van der Waals surface area contributed by atoms with E-state index in [2.05, 4.69) is 35.7 Å². The van der Waals surface area contributed by atoms with Crippen molar-refractivity contribution in [2.45, 2.75) is 19.3 Å². The van der Waals surface area contributed by atoms with Crippen LogP contribution in [-0.4, -0.2) is 6.54 Å². The van der Waals surface area contributed by atoms with E-state index in [1.165, 1.54) is 36.2 Å². The largest absolute Gasteiger partial charge is 0.388 e. The van der Waals surface area contributed by atoms with Gasteiger partial charge in [-0.1, -0.05) is 36.4 Å². The number of halogens is 1. The van der Waals surface area contributed by atoms with E-state index in [4.69, 9.17) is 0 Å². The molecule has 1 heterocycles. The van der Waals surface area contributed by atoms with Gasteiger partial charge in [0.25, 0.3) is 0 Å². The second kappa shape index (κ2) is 5.91. The Morgan fingerprint density at radius 2 is 1.50 bits per heavy atom. The fourth-order valence-electron chi connectivity index (χ4n) is 2.52. The third-order valence-corrected chi connectivity index (χ3v) is 3.65. The quantitative estimate of drug-likeness (QED) is 0.838. The molecule has 0 saturated carbocycles. The van der Waals surface area contributed by atoms with Gasteiger partial charge in [0.05, 0.1) is 0 Å². The van der Waals surface area contributed by atoms with Gasteiger partial charge in [-0.15, -0.1) is 0 Å². The van der Waals surface area contributed by atoms with Crippen LogP contribution in [-0.2, 0) is 0 Å². The van der Waals surface area contributed by atoms with E-state index >= 15 is 0 Å². The lowest BCUT2D eigenvalue weighted by molar-refractivity contribution is 0.592. The standard InChI is InChI=1S/C18H18FN/c19-17-10-8-16(9-11-17)15-6-4-14(5-7-15)13-18-3-1-2-12-20-18/h4-11,13,20H,1-3,12H2. The first-order valence-electron chi connectivity index (χ1n) is 7.12. The monoisotopic (exact) mass is 267 g/mol. The molecular formula is C18H18FN. The molecule has 0 spiro atoms. The molecule has 20 heavy (non-hydrogen) atoms. The summed E-state index contributed by atoms with van der Waals surface area (Å²) in [5.41, 5.74) is 4.69. The molecule has 0 aliphatic carbocycles. The number of benzene rings is 2. The molecule has 0 amide bonds. The van der Waals surface area contributed by atoms with Crippen LogP contribution in [0.1, 0.15) is 24.8 Å². The molecule has 3 rings (SSSR count). The molecule has 2 aromatic carbocycles. The van der Waals surface area contributed by atoms with Crippen LogP contribution in [0.5, 0.6) is 0 Å². The molecule has 0 bridgehead atoms. The molecule has 2 heteroatoms. The fraction of sp³-hybridized carbons (Fsp3) is 0.222. The Morgan fingerprint density at radius 3 is 2.10 bits per heavy atom. The molecule has 1 saturated heterocycles. The maximum atomic E-state index is 12.9. The number of allylic oxidation sites excluding steroid dienone is 1. The van der Waals surface area contributed by atoms with Gasteiger partial charge in [-0.2, -0.15) is 0 Å². The van der Waals surface area contributed by atoms with E-state index in [1.807, 2.05) is 12.1 Å². The van der Waals surface area contributed by atoms with Crippen LogP contribution in [0.2, 0.25) is 0 Å². The van der Waals surface area contributed by atoms with Gasteiger partial charge >= 0.3 is 0 Å². The first kappa shape index (κ1) is 12.9. The average molecular weight is 267 g/mol. The Kier molecular flexibility index (Phi) is 3.82. The van der Waals surface area contributed by atoms with Crippen LogP contribution in [0.3, 0.4) is 0 Å². The summed E-state index contributed by atoms with van der Waals surface area (Å²) in [4.78, 5) is 0. The minimum absolute atomic E-state index is 0.196. The zero-order valence-corrected chi connectivity index (χ0v) is 11.4. The maximum absolute atomic E-state index is 12.9. The summed E-state index contributed by atoms with van der Waals surface area (Å²) in [6, 6.07) is 15.0.